The van der Waals surface area contributed by atoms with Crippen LogP contribution in [0.15, 0.2) is 10.2 Å². The summed E-state index contributed by atoms with van der Waals surface area (Å²) in [6, 6.07) is 0. The fourth-order valence-electron chi connectivity index (χ4n) is 0.262. The zero-order chi connectivity index (χ0) is 5.98. The van der Waals surface area contributed by atoms with Crippen molar-refractivity contribution in [3.05, 3.63) is 0 Å². The first-order valence-corrected chi connectivity index (χ1v) is 2.49. The molecular weight excluding hydrogens is 151 g/mol. The molecule has 4 nitrogen and oxygen atoms in total. The highest BCUT2D eigenvalue weighted by Gasteiger charge is 1.98. The van der Waals surface area contributed by atoms with Gasteiger partial charge >= 0.3 is 0 Å². The Kier molecular flexibility index (Phi) is 1.55. The lowest BCUT2D eigenvalue weighted by atomic mass is 10.8. The van der Waals surface area contributed by atoms with Crippen LogP contribution >= 0.6 is 23.4 Å². The molecule has 0 amide bonds. The van der Waals surface area contributed by atoms with Crippen molar-refractivity contribution in [3.63, 3.8) is 0 Å². The summed E-state index contributed by atoms with van der Waals surface area (Å²) in [4.78, 5) is 0. The Bertz CT molecular complexity index is 141. The van der Waals surface area contributed by atoms with Crippen molar-refractivity contribution in [2.24, 2.45) is 10.2 Å². The maximum absolute atomic E-state index is 5.35. The number of hydrogen-bond donors (Lipinski definition) is 1. The van der Waals surface area contributed by atoms with Crippen LogP contribution in [0.4, 0.5) is 0 Å². The van der Waals surface area contributed by atoms with Crippen molar-refractivity contribution in [1.82, 2.24) is 10.2 Å². The highest BCUT2D eigenvalue weighted by Crippen LogP contribution is 1.95. The average molecular weight is 153 g/mol. The second-order valence-corrected chi connectivity index (χ2v) is 1.75. The summed E-state index contributed by atoms with van der Waals surface area (Å²) in [6.07, 6.45) is 1.35. The second-order valence-electron chi connectivity index (χ2n) is 1.04. The molecule has 1 aliphatic rings. The summed E-state index contributed by atoms with van der Waals surface area (Å²) < 4.78 is 0.891. The third-order valence-corrected chi connectivity index (χ3v) is 0.819. The highest BCUT2D eigenvalue weighted by molar-refractivity contribution is 6.80. The zero-order valence-corrected chi connectivity index (χ0v) is 5.19. The van der Waals surface area contributed by atoms with E-state index in [1.807, 2.05) is 0 Å². The van der Waals surface area contributed by atoms with Gasteiger partial charge in [0, 0.05) is 0 Å². The standard InChI is InChI=1S/C2H2Cl2N4/c3-2-1-5-7-8(4)6-2/h1,7H. The van der Waals surface area contributed by atoms with Crippen molar-refractivity contribution in [1.29, 1.82) is 0 Å². The number of nitrogens with zero attached hydrogens (tertiary/aromatic N) is 3. The lowest BCUT2D eigenvalue weighted by molar-refractivity contribution is 0.363. The fourth-order valence-corrected chi connectivity index (χ4v) is 0.550. The Labute approximate surface area is 55.8 Å². The van der Waals surface area contributed by atoms with Crippen LogP contribution in [0.2, 0.25) is 0 Å². The highest BCUT2D eigenvalue weighted by atomic mass is 35.5. The third-order valence-electron chi connectivity index (χ3n) is 0.495. The van der Waals surface area contributed by atoms with E-state index in [9.17, 15) is 0 Å². The molecule has 0 saturated heterocycles. The minimum Gasteiger partial charge on any atom is -0.187 e. The molecule has 1 aliphatic heterocycles. The summed E-state index contributed by atoms with van der Waals surface area (Å²) in [5, 5.41) is 7.25. The van der Waals surface area contributed by atoms with Crippen LogP contribution in [-0.4, -0.2) is 16.0 Å². The monoisotopic (exact) mass is 152 g/mol. The second kappa shape index (κ2) is 2.19. The summed E-state index contributed by atoms with van der Waals surface area (Å²) in [6.45, 7) is 0. The molecule has 0 bridgehead atoms. The van der Waals surface area contributed by atoms with Gasteiger partial charge in [-0.25, -0.2) is 0 Å². The normalized spacial score (nSPS) is 17.8. The topological polar surface area (TPSA) is 40.0 Å². The van der Waals surface area contributed by atoms with Gasteiger partial charge in [0.05, 0.1) is 18.0 Å². The summed E-state index contributed by atoms with van der Waals surface area (Å²) in [5.41, 5.74) is 2.31. The van der Waals surface area contributed by atoms with E-state index in [1.54, 1.807) is 0 Å². The lowest BCUT2D eigenvalue weighted by Crippen LogP contribution is -2.24. The number of halogens is 2. The molecule has 0 unspecified atom stereocenters. The Morgan fingerprint density at radius 1 is 1.75 bits per heavy atom. The Hall–Kier alpha value is -0.480. The molecular formula is C2H2Cl2N4. The largest absolute Gasteiger partial charge is 0.187 e. The quantitative estimate of drug-likeness (QED) is 0.514. The van der Waals surface area contributed by atoms with E-state index in [2.05, 4.69) is 15.7 Å². The molecule has 6 heteroatoms. The number of nitrogens with one attached hydrogen (secondary N) is 1. The average Bonchev–Trinajstić information content (AvgIpc) is 1.64. The molecule has 0 aromatic heterocycles. The van der Waals surface area contributed by atoms with Crippen LogP contribution in [-0.2, 0) is 0 Å². The first-order chi connectivity index (χ1) is 3.79. The van der Waals surface area contributed by atoms with E-state index < -0.39 is 0 Å². The van der Waals surface area contributed by atoms with Gasteiger partial charge < -0.3 is 0 Å². The first kappa shape index (κ1) is 5.65. The molecule has 1 N–H and O–H groups in total. The number of hydrogen-bond acceptors (Lipinski definition) is 4. The number of hydrazine groups is 1. The zero-order valence-electron chi connectivity index (χ0n) is 3.67. The Balaban J connectivity index is 2.63. The predicted octanol–water partition coefficient (Wildman–Crippen LogP) is 0.498. The van der Waals surface area contributed by atoms with Crippen LogP contribution in [0.5, 0.6) is 0 Å². The fraction of sp³-hybridized carbons (Fsp3) is 0. The first-order valence-electron chi connectivity index (χ1n) is 1.78. The van der Waals surface area contributed by atoms with Crippen LogP contribution in [0.3, 0.4) is 0 Å². The maximum Gasteiger partial charge on any atom is 0.172 e. The molecule has 0 fully saturated rings. The number of hydrazone groups is 2. The van der Waals surface area contributed by atoms with E-state index in [-0.39, 0.29) is 5.17 Å². The van der Waals surface area contributed by atoms with Gasteiger partial charge in [0.25, 0.3) is 0 Å². The van der Waals surface area contributed by atoms with Crippen molar-refractivity contribution in [2.45, 2.75) is 0 Å². The summed E-state index contributed by atoms with van der Waals surface area (Å²) in [5.74, 6) is 0. The van der Waals surface area contributed by atoms with E-state index in [0.717, 1.165) is 4.64 Å². The molecule has 1 heterocycles. The summed E-state index contributed by atoms with van der Waals surface area (Å²) in [7, 11) is 0. The van der Waals surface area contributed by atoms with Gasteiger partial charge in [-0.3, -0.25) is 0 Å². The van der Waals surface area contributed by atoms with Gasteiger partial charge in [-0.05, 0) is 0 Å². The van der Waals surface area contributed by atoms with Crippen molar-refractivity contribution >= 4 is 34.8 Å². The van der Waals surface area contributed by atoms with Crippen LogP contribution in [0.25, 0.3) is 0 Å². The molecule has 0 saturated carbocycles. The predicted molar refractivity (Wildman–Crippen MR) is 32.6 cm³/mol. The molecule has 0 aromatic rings. The van der Waals surface area contributed by atoms with Crippen LogP contribution in [0.1, 0.15) is 0 Å². The Morgan fingerprint density at radius 2 is 2.50 bits per heavy atom. The van der Waals surface area contributed by atoms with Gasteiger partial charge in [-0.1, -0.05) is 16.2 Å². The minimum absolute atomic E-state index is 0.249. The molecule has 0 atom stereocenters. The van der Waals surface area contributed by atoms with Crippen molar-refractivity contribution < 1.29 is 0 Å². The summed E-state index contributed by atoms with van der Waals surface area (Å²) >= 11 is 10.6. The number of rotatable bonds is 0. The Morgan fingerprint density at radius 3 is 2.88 bits per heavy atom. The van der Waals surface area contributed by atoms with Gasteiger partial charge in [0.15, 0.2) is 5.17 Å². The van der Waals surface area contributed by atoms with Crippen LogP contribution < -0.4 is 5.53 Å². The SMILES string of the molecule is ClC1=NN(Cl)NN=C1. The van der Waals surface area contributed by atoms with Gasteiger partial charge in [-0.15, -0.1) is 5.10 Å². The van der Waals surface area contributed by atoms with Crippen molar-refractivity contribution in [2.75, 3.05) is 0 Å². The lowest BCUT2D eigenvalue weighted by Gasteiger charge is -2.09. The van der Waals surface area contributed by atoms with Gasteiger partial charge in [0.2, 0.25) is 0 Å². The van der Waals surface area contributed by atoms with Crippen molar-refractivity contribution in [3.8, 4) is 0 Å². The van der Waals surface area contributed by atoms with E-state index >= 15 is 0 Å². The smallest absolute Gasteiger partial charge is 0.172 e. The van der Waals surface area contributed by atoms with E-state index in [1.165, 1.54) is 6.21 Å². The van der Waals surface area contributed by atoms with Gasteiger partial charge in [0.1, 0.15) is 0 Å². The van der Waals surface area contributed by atoms with Gasteiger partial charge in [-0.2, -0.15) is 10.6 Å². The minimum atomic E-state index is 0.249. The molecule has 0 aromatic carbocycles. The van der Waals surface area contributed by atoms with E-state index in [4.69, 9.17) is 23.4 Å². The maximum atomic E-state index is 5.35. The molecule has 0 spiro atoms. The molecule has 0 radical (unpaired) electrons. The molecule has 1 rings (SSSR count). The molecule has 44 valence electrons. The van der Waals surface area contributed by atoms with E-state index in [0.29, 0.717) is 0 Å². The molecule has 0 aliphatic carbocycles. The van der Waals surface area contributed by atoms with Crippen LogP contribution in [0, 0.1) is 0 Å². The third kappa shape index (κ3) is 1.24. The molecule has 8 heavy (non-hydrogen) atoms.